The Bertz CT molecular complexity index is 453. The lowest BCUT2D eigenvalue weighted by Crippen LogP contribution is -2.22. The van der Waals surface area contributed by atoms with Crippen LogP contribution >= 0.6 is 0 Å². The van der Waals surface area contributed by atoms with Gasteiger partial charge in [-0.05, 0) is 30.9 Å². The number of benzene rings is 1. The van der Waals surface area contributed by atoms with Crippen molar-refractivity contribution in [3.63, 3.8) is 0 Å². The molecule has 0 unspecified atom stereocenters. The number of hydrogen-bond acceptors (Lipinski definition) is 2. The number of nitrogens with one attached hydrogen (secondary N) is 1. The van der Waals surface area contributed by atoms with Gasteiger partial charge in [0.15, 0.2) is 5.96 Å². The minimum absolute atomic E-state index is 0.479. The summed E-state index contributed by atoms with van der Waals surface area (Å²) < 4.78 is 5.18. The zero-order chi connectivity index (χ0) is 14.9. The van der Waals surface area contributed by atoms with Crippen LogP contribution in [0.15, 0.2) is 29.3 Å². The van der Waals surface area contributed by atoms with Crippen molar-refractivity contribution in [3.8, 4) is 5.75 Å². The van der Waals surface area contributed by atoms with Crippen LogP contribution in [0.4, 0.5) is 5.69 Å². The molecule has 0 amide bonds. The molecule has 1 aliphatic rings. The van der Waals surface area contributed by atoms with Gasteiger partial charge in [0.1, 0.15) is 5.75 Å². The monoisotopic (exact) mass is 289 g/mol. The van der Waals surface area contributed by atoms with Crippen LogP contribution in [0.25, 0.3) is 0 Å². The number of nitrogens with zero attached hydrogens (tertiary/aromatic N) is 1. The van der Waals surface area contributed by atoms with Crippen molar-refractivity contribution in [1.82, 2.24) is 0 Å². The molecular weight excluding hydrogens is 262 g/mol. The van der Waals surface area contributed by atoms with Crippen molar-refractivity contribution >= 4 is 11.6 Å². The first kappa shape index (κ1) is 15.7. The molecule has 2 rings (SSSR count). The van der Waals surface area contributed by atoms with E-state index in [1.807, 2.05) is 24.3 Å². The third-order valence-corrected chi connectivity index (χ3v) is 4.12. The lowest BCUT2D eigenvalue weighted by molar-refractivity contribution is 0.334. The first-order valence-corrected chi connectivity index (χ1v) is 7.99. The van der Waals surface area contributed by atoms with Crippen LogP contribution in [-0.4, -0.2) is 19.6 Å². The molecule has 0 heterocycles. The summed E-state index contributed by atoms with van der Waals surface area (Å²) in [6.07, 6.45) is 9.47. The van der Waals surface area contributed by atoms with Crippen LogP contribution < -0.4 is 15.8 Å². The summed E-state index contributed by atoms with van der Waals surface area (Å²) in [6, 6.07) is 7.69. The Morgan fingerprint density at radius 3 is 2.90 bits per heavy atom. The Balaban J connectivity index is 1.70. The number of rotatable bonds is 6. The smallest absolute Gasteiger partial charge is 0.193 e. The Kier molecular flexibility index (Phi) is 6.38. The molecule has 0 saturated heterocycles. The molecule has 0 atom stereocenters. The molecule has 4 heteroatoms. The van der Waals surface area contributed by atoms with Crippen LogP contribution in [0.3, 0.4) is 0 Å². The maximum absolute atomic E-state index is 5.91. The van der Waals surface area contributed by atoms with Gasteiger partial charge >= 0.3 is 0 Å². The van der Waals surface area contributed by atoms with Crippen molar-refractivity contribution in [3.05, 3.63) is 24.3 Å². The summed E-state index contributed by atoms with van der Waals surface area (Å²) in [6.45, 7) is 0.805. The Hall–Kier alpha value is -1.71. The first-order valence-electron chi connectivity index (χ1n) is 7.99. The van der Waals surface area contributed by atoms with Crippen LogP contribution in [0.5, 0.6) is 5.75 Å². The van der Waals surface area contributed by atoms with Gasteiger partial charge < -0.3 is 15.8 Å². The van der Waals surface area contributed by atoms with Crippen molar-refractivity contribution in [2.75, 3.05) is 19.0 Å². The quantitative estimate of drug-likeness (QED) is 0.476. The molecule has 0 radical (unpaired) electrons. The summed E-state index contributed by atoms with van der Waals surface area (Å²) >= 11 is 0. The van der Waals surface area contributed by atoms with Crippen molar-refractivity contribution in [2.45, 2.75) is 44.9 Å². The highest BCUT2D eigenvalue weighted by molar-refractivity contribution is 5.92. The third-order valence-electron chi connectivity index (χ3n) is 4.12. The summed E-state index contributed by atoms with van der Waals surface area (Å²) in [5.41, 5.74) is 6.82. The minimum Gasteiger partial charge on any atom is -0.497 e. The molecule has 1 saturated carbocycles. The van der Waals surface area contributed by atoms with E-state index >= 15 is 0 Å². The number of ether oxygens (including phenoxy) is 1. The van der Waals surface area contributed by atoms with E-state index in [2.05, 4.69) is 10.3 Å². The maximum Gasteiger partial charge on any atom is 0.193 e. The SMILES string of the molecule is COc1cccc(NC(N)=NCCCC2CCCCC2)c1. The van der Waals surface area contributed by atoms with Gasteiger partial charge in [0.25, 0.3) is 0 Å². The predicted molar refractivity (Wildman–Crippen MR) is 88.9 cm³/mol. The van der Waals surface area contributed by atoms with Crippen molar-refractivity contribution < 1.29 is 4.74 Å². The average Bonchev–Trinajstić information content (AvgIpc) is 2.53. The van der Waals surface area contributed by atoms with Crippen LogP contribution in [0, 0.1) is 5.92 Å². The molecule has 1 aromatic carbocycles. The molecule has 21 heavy (non-hydrogen) atoms. The molecular formula is C17H27N3O. The van der Waals surface area contributed by atoms with E-state index in [0.29, 0.717) is 5.96 Å². The van der Waals surface area contributed by atoms with E-state index < -0.39 is 0 Å². The molecule has 1 aromatic rings. The molecule has 0 bridgehead atoms. The fraction of sp³-hybridized carbons (Fsp3) is 0.588. The van der Waals surface area contributed by atoms with Gasteiger partial charge in [-0.25, -0.2) is 0 Å². The van der Waals surface area contributed by atoms with Gasteiger partial charge in [-0.2, -0.15) is 0 Å². The average molecular weight is 289 g/mol. The Morgan fingerprint density at radius 2 is 2.14 bits per heavy atom. The van der Waals surface area contributed by atoms with Gasteiger partial charge in [-0.15, -0.1) is 0 Å². The van der Waals surface area contributed by atoms with E-state index in [1.165, 1.54) is 38.5 Å². The predicted octanol–water partition coefficient (Wildman–Crippen LogP) is 3.78. The Labute approximate surface area is 127 Å². The molecule has 116 valence electrons. The summed E-state index contributed by atoms with van der Waals surface area (Å²) in [7, 11) is 1.65. The summed E-state index contributed by atoms with van der Waals surface area (Å²) in [4.78, 5) is 4.40. The van der Waals surface area contributed by atoms with E-state index in [0.717, 1.165) is 30.3 Å². The van der Waals surface area contributed by atoms with E-state index in [1.54, 1.807) is 7.11 Å². The number of guanidine groups is 1. The topological polar surface area (TPSA) is 59.6 Å². The summed E-state index contributed by atoms with van der Waals surface area (Å²) in [5.74, 6) is 2.21. The number of anilines is 1. The zero-order valence-corrected chi connectivity index (χ0v) is 13.0. The highest BCUT2D eigenvalue weighted by Crippen LogP contribution is 2.27. The molecule has 0 spiro atoms. The summed E-state index contributed by atoms with van der Waals surface area (Å²) in [5, 5.41) is 3.10. The van der Waals surface area contributed by atoms with Gasteiger partial charge in [0, 0.05) is 18.3 Å². The molecule has 0 aliphatic heterocycles. The molecule has 1 aliphatic carbocycles. The minimum atomic E-state index is 0.479. The normalized spacial score (nSPS) is 16.7. The van der Waals surface area contributed by atoms with Crippen LogP contribution in [0.2, 0.25) is 0 Å². The standard InChI is InChI=1S/C17H27N3O/c1-21-16-11-5-10-15(13-16)20-17(18)19-12-6-9-14-7-3-2-4-8-14/h5,10-11,13-14H,2-4,6-9,12H2,1H3,(H3,18,19,20). The van der Waals surface area contributed by atoms with E-state index in [4.69, 9.17) is 10.5 Å². The molecule has 0 aromatic heterocycles. The first-order chi connectivity index (χ1) is 10.3. The van der Waals surface area contributed by atoms with Gasteiger partial charge in [0.05, 0.1) is 7.11 Å². The number of aliphatic imine (C=N–C) groups is 1. The highest BCUT2D eigenvalue weighted by Gasteiger charge is 2.12. The zero-order valence-electron chi connectivity index (χ0n) is 13.0. The highest BCUT2D eigenvalue weighted by atomic mass is 16.5. The maximum atomic E-state index is 5.91. The number of methoxy groups -OCH3 is 1. The van der Waals surface area contributed by atoms with Gasteiger partial charge in [-0.1, -0.05) is 38.2 Å². The van der Waals surface area contributed by atoms with Crippen LogP contribution in [0.1, 0.15) is 44.9 Å². The molecule has 1 fully saturated rings. The molecule has 4 nitrogen and oxygen atoms in total. The van der Waals surface area contributed by atoms with Crippen molar-refractivity contribution in [1.29, 1.82) is 0 Å². The lowest BCUT2D eigenvalue weighted by Gasteiger charge is -2.20. The Morgan fingerprint density at radius 1 is 1.33 bits per heavy atom. The van der Waals surface area contributed by atoms with Crippen LogP contribution in [-0.2, 0) is 0 Å². The number of nitrogens with two attached hydrogens (primary N) is 1. The fourth-order valence-corrected chi connectivity index (χ4v) is 2.94. The van der Waals surface area contributed by atoms with Crippen molar-refractivity contribution in [2.24, 2.45) is 16.6 Å². The van der Waals surface area contributed by atoms with E-state index in [9.17, 15) is 0 Å². The molecule has 3 N–H and O–H groups in total. The fourth-order valence-electron chi connectivity index (χ4n) is 2.94. The second kappa shape index (κ2) is 8.55. The number of hydrogen-bond donors (Lipinski definition) is 2. The second-order valence-electron chi connectivity index (χ2n) is 5.77. The third kappa shape index (κ3) is 5.66. The largest absolute Gasteiger partial charge is 0.497 e. The van der Waals surface area contributed by atoms with Gasteiger partial charge in [0.2, 0.25) is 0 Å². The van der Waals surface area contributed by atoms with Gasteiger partial charge in [-0.3, -0.25) is 4.99 Å². The second-order valence-corrected chi connectivity index (χ2v) is 5.77. The lowest BCUT2D eigenvalue weighted by atomic mass is 9.86. The van der Waals surface area contributed by atoms with E-state index in [-0.39, 0.29) is 0 Å².